The van der Waals surface area contributed by atoms with Gasteiger partial charge in [-0.1, -0.05) is 12.1 Å². The van der Waals surface area contributed by atoms with Gasteiger partial charge in [0, 0.05) is 12.6 Å². The van der Waals surface area contributed by atoms with E-state index in [4.69, 9.17) is 5.73 Å². The number of hydrogen-bond donors (Lipinski definition) is 2. The molecule has 0 bridgehead atoms. The monoisotopic (exact) mass is 343 g/mol. The maximum Gasteiger partial charge on any atom is 0.234 e. The third-order valence-corrected chi connectivity index (χ3v) is 4.40. The molecule has 1 aromatic rings. The largest absolute Gasteiger partial charge is 0.348 e. The Hall–Kier alpha value is -1.17. The lowest BCUT2D eigenvalue weighted by Crippen LogP contribution is -2.46. The molecule has 2 rings (SSSR count). The molecule has 0 radical (unpaired) electrons. The number of hydrogen-bond acceptors (Lipinski definition) is 3. The number of nitrogens with two attached hydrogens (primary N) is 1. The number of benzene rings is 1. The maximum atomic E-state index is 12.9. The third kappa shape index (κ3) is 6.09. The summed E-state index contributed by atoms with van der Waals surface area (Å²) in [7, 11) is 0. The van der Waals surface area contributed by atoms with E-state index in [-0.39, 0.29) is 36.2 Å². The second kappa shape index (κ2) is 9.21. The standard InChI is InChI=1S/C17H26FN3O.ClH/c1-12(19)15-4-3-9-21(10-15)11-17(22)20-13(2)14-5-7-16(18)8-6-14;/h5-8,12-13,15H,3-4,9-11,19H2,1-2H3,(H,20,22);1H. The molecule has 1 aliphatic heterocycles. The Morgan fingerprint density at radius 3 is 2.65 bits per heavy atom. The molecule has 130 valence electrons. The first-order valence-corrected chi connectivity index (χ1v) is 7.98. The predicted molar refractivity (Wildman–Crippen MR) is 93.0 cm³/mol. The van der Waals surface area contributed by atoms with Crippen LogP contribution in [0.4, 0.5) is 4.39 Å². The fourth-order valence-corrected chi connectivity index (χ4v) is 2.99. The summed E-state index contributed by atoms with van der Waals surface area (Å²) in [6, 6.07) is 6.28. The van der Waals surface area contributed by atoms with Gasteiger partial charge < -0.3 is 11.1 Å². The first-order chi connectivity index (χ1) is 10.5. The van der Waals surface area contributed by atoms with E-state index < -0.39 is 0 Å². The Kier molecular flexibility index (Phi) is 7.95. The van der Waals surface area contributed by atoms with Gasteiger partial charge in [0.2, 0.25) is 5.91 Å². The van der Waals surface area contributed by atoms with E-state index >= 15 is 0 Å². The minimum Gasteiger partial charge on any atom is -0.348 e. The number of nitrogens with one attached hydrogen (secondary N) is 1. The Balaban J connectivity index is 0.00000264. The Bertz CT molecular complexity index is 495. The van der Waals surface area contributed by atoms with Gasteiger partial charge in [0.15, 0.2) is 0 Å². The summed E-state index contributed by atoms with van der Waals surface area (Å²) < 4.78 is 12.9. The van der Waals surface area contributed by atoms with E-state index in [2.05, 4.69) is 10.2 Å². The van der Waals surface area contributed by atoms with E-state index in [1.165, 1.54) is 12.1 Å². The third-order valence-electron chi connectivity index (χ3n) is 4.40. The highest BCUT2D eigenvalue weighted by Crippen LogP contribution is 2.18. The highest BCUT2D eigenvalue weighted by atomic mass is 35.5. The smallest absolute Gasteiger partial charge is 0.234 e. The van der Waals surface area contributed by atoms with Crippen molar-refractivity contribution in [1.29, 1.82) is 0 Å². The number of likely N-dealkylation sites (tertiary alicyclic amines) is 1. The van der Waals surface area contributed by atoms with E-state index in [9.17, 15) is 9.18 Å². The van der Waals surface area contributed by atoms with Gasteiger partial charge in [-0.25, -0.2) is 4.39 Å². The van der Waals surface area contributed by atoms with Gasteiger partial charge in [0.05, 0.1) is 12.6 Å². The molecule has 0 aromatic heterocycles. The molecular weight excluding hydrogens is 317 g/mol. The van der Waals surface area contributed by atoms with Crippen LogP contribution >= 0.6 is 12.4 Å². The zero-order valence-electron chi connectivity index (χ0n) is 13.8. The van der Waals surface area contributed by atoms with Gasteiger partial charge in [0.1, 0.15) is 5.82 Å². The Labute approximate surface area is 144 Å². The van der Waals surface area contributed by atoms with Crippen molar-refractivity contribution in [2.75, 3.05) is 19.6 Å². The molecule has 1 heterocycles. The van der Waals surface area contributed by atoms with Crippen molar-refractivity contribution in [3.8, 4) is 0 Å². The second-order valence-electron chi connectivity index (χ2n) is 6.34. The highest BCUT2D eigenvalue weighted by Gasteiger charge is 2.24. The van der Waals surface area contributed by atoms with Crippen LogP contribution in [0.3, 0.4) is 0 Å². The molecule has 0 aliphatic carbocycles. The molecule has 6 heteroatoms. The maximum absolute atomic E-state index is 12.9. The van der Waals surface area contributed by atoms with Crippen LogP contribution in [0.5, 0.6) is 0 Å². The molecule has 4 nitrogen and oxygen atoms in total. The van der Waals surface area contributed by atoms with E-state index in [0.29, 0.717) is 12.5 Å². The van der Waals surface area contributed by atoms with Crippen LogP contribution < -0.4 is 11.1 Å². The Morgan fingerprint density at radius 1 is 1.39 bits per heavy atom. The van der Waals surface area contributed by atoms with Crippen LogP contribution in [0, 0.1) is 11.7 Å². The number of rotatable bonds is 5. The molecule has 3 N–H and O–H groups in total. The van der Waals surface area contributed by atoms with Crippen LogP contribution in [0.1, 0.15) is 38.3 Å². The first-order valence-electron chi connectivity index (χ1n) is 7.98. The summed E-state index contributed by atoms with van der Waals surface area (Å²) in [6.07, 6.45) is 2.23. The number of piperidine rings is 1. The average Bonchev–Trinajstić information content (AvgIpc) is 2.47. The van der Waals surface area contributed by atoms with Gasteiger partial charge in [-0.05, 0) is 56.8 Å². The molecule has 1 aliphatic rings. The topological polar surface area (TPSA) is 58.4 Å². The number of amides is 1. The number of carbonyl (C=O) groups excluding carboxylic acids is 1. The van der Waals surface area contributed by atoms with Crippen molar-refractivity contribution in [3.05, 3.63) is 35.6 Å². The van der Waals surface area contributed by atoms with Crippen molar-refractivity contribution < 1.29 is 9.18 Å². The summed E-state index contributed by atoms with van der Waals surface area (Å²) in [5.74, 6) is 0.204. The van der Waals surface area contributed by atoms with Crippen LogP contribution in [0.2, 0.25) is 0 Å². The molecule has 3 atom stereocenters. The fourth-order valence-electron chi connectivity index (χ4n) is 2.99. The van der Waals surface area contributed by atoms with Gasteiger partial charge in [-0.2, -0.15) is 0 Å². The number of halogens is 2. The summed E-state index contributed by atoms with van der Waals surface area (Å²) in [5.41, 5.74) is 6.88. The normalized spacial score (nSPS) is 21.1. The molecule has 3 unspecified atom stereocenters. The lowest BCUT2D eigenvalue weighted by atomic mass is 9.92. The zero-order chi connectivity index (χ0) is 16.1. The molecule has 23 heavy (non-hydrogen) atoms. The van der Waals surface area contributed by atoms with Crippen molar-refractivity contribution >= 4 is 18.3 Å². The first kappa shape index (κ1) is 19.9. The van der Waals surface area contributed by atoms with Crippen LogP contribution in [-0.2, 0) is 4.79 Å². The van der Waals surface area contributed by atoms with Crippen LogP contribution in [-0.4, -0.2) is 36.5 Å². The highest BCUT2D eigenvalue weighted by molar-refractivity contribution is 5.85. The van der Waals surface area contributed by atoms with Crippen LogP contribution in [0.15, 0.2) is 24.3 Å². The number of carbonyl (C=O) groups is 1. The van der Waals surface area contributed by atoms with E-state index in [1.54, 1.807) is 12.1 Å². The average molecular weight is 344 g/mol. The van der Waals surface area contributed by atoms with Crippen LogP contribution in [0.25, 0.3) is 0 Å². The van der Waals surface area contributed by atoms with Gasteiger partial charge in [-0.3, -0.25) is 9.69 Å². The lowest BCUT2D eigenvalue weighted by Gasteiger charge is -2.34. The quantitative estimate of drug-likeness (QED) is 0.863. The molecule has 1 aromatic carbocycles. The molecule has 1 amide bonds. The predicted octanol–water partition coefficient (Wildman–Crippen LogP) is 2.48. The SMILES string of the molecule is CC(NC(=O)CN1CCCC(C(C)N)C1)c1ccc(F)cc1.Cl. The van der Waals surface area contributed by atoms with Crippen molar-refractivity contribution in [2.24, 2.45) is 11.7 Å². The van der Waals surface area contributed by atoms with Crippen molar-refractivity contribution in [2.45, 2.75) is 38.8 Å². The number of nitrogens with zero attached hydrogens (tertiary/aromatic N) is 1. The summed E-state index contributed by atoms with van der Waals surface area (Å²) >= 11 is 0. The van der Waals surface area contributed by atoms with E-state index in [1.807, 2.05) is 13.8 Å². The fraction of sp³-hybridized carbons (Fsp3) is 0.588. The molecule has 0 spiro atoms. The second-order valence-corrected chi connectivity index (χ2v) is 6.34. The van der Waals surface area contributed by atoms with Gasteiger partial charge in [-0.15, -0.1) is 12.4 Å². The minimum atomic E-state index is -0.266. The van der Waals surface area contributed by atoms with Gasteiger partial charge >= 0.3 is 0 Å². The van der Waals surface area contributed by atoms with Crippen molar-refractivity contribution in [1.82, 2.24) is 10.2 Å². The minimum absolute atomic E-state index is 0. The van der Waals surface area contributed by atoms with Crippen molar-refractivity contribution in [3.63, 3.8) is 0 Å². The summed E-state index contributed by atoms with van der Waals surface area (Å²) in [4.78, 5) is 14.4. The molecular formula is C17H27ClFN3O. The molecule has 0 saturated carbocycles. The zero-order valence-corrected chi connectivity index (χ0v) is 14.6. The van der Waals surface area contributed by atoms with E-state index in [0.717, 1.165) is 31.5 Å². The lowest BCUT2D eigenvalue weighted by molar-refractivity contribution is -0.123. The molecule has 1 fully saturated rings. The summed E-state index contributed by atoms with van der Waals surface area (Å²) in [6.45, 7) is 6.17. The summed E-state index contributed by atoms with van der Waals surface area (Å²) in [5, 5.41) is 2.97. The Morgan fingerprint density at radius 2 is 2.04 bits per heavy atom. The van der Waals surface area contributed by atoms with Gasteiger partial charge in [0.25, 0.3) is 0 Å². The molecule has 1 saturated heterocycles.